The van der Waals surface area contributed by atoms with E-state index in [1.807, 2.05) is 30.3 Å². The van der Waals surface area contributed by atoms with Crippen LogP contribution >= 0.6 is 0 Å². The van der Waals surface area contributed by atoms with Crippen LogP contribution in [0.1, 0.15) is 39.1 Å². The lowest BCUT2D eigenvalue weighted by Crippen LogP contribution is -2.36. The molecule has 24 heavy (non-hydrogen) atoms. The first-order valence-electron chi connectivity index (χ1n) is 7.85. The van der Waals surface area contributed by atoms with Gasteiger partial charge in [-0.15, -0.1) is 0 Å². The second-order valence-electron chi connectivity index (χ2n) is 6.27. The quantitative estimate of drug-likeness (QED) is 0.812. The fourth-order valence-electron chi connectivity index (χ4n) is 3.02. The first-order chi connectivity index (χ1) is 11.6. The van der Waals surface area contributed by atoms with Crippen molar-refractivity contribution in [2.75, 3.05) is 0 Å². The lowest BCUT2D eigenvalue weighted by Gasteiger charge is -2.18. The lowest BCUT2D eigenvalue weighted by molar-refractivity contribution is -0.175. The predicted molar refractivity (Wildman–Crippen MR) is 84.8 cm³/mol. The van der Waals surface area contributed by atoms with Gasteiger partial charge in [0.15, 0.2) is 0 Å². The minimum absolute atomic E-state index is 0.267. The average molecular weight is 321 g/mol. The summed E-state index contributed by atoms with van der Waals surface area (Å²) in [7, 11) is 0. The van der Waals surface area contributed by atoms with E-state index in [4.69, 9.17) is 4.84 Å². The summed E-state index contributed by atoms with van der Waals surface area (Å²) < 4.78 is 0. The van der Waals surface area contributed by atoms with Crippen LogP contribution in [0.4, 0.5) is 0 Å². The molecule has 2 aromatic carbocycles. The van der Waals surface area contributed by atoms with E-state index in [0.29, 0.717) is 24.3 Å². The summed E-state index contributed by atoms with van der Waals surface area (Å²) in [4.78, 5) is 42.3. The zero-order chi connectivity index (χ0) is 16.7. The van der Waals surface area contributed by atoms with Crippen LogP contribution < -0.4 is 0 Å². The Morgan fingerprint density at radius 2 is 1.46 bits per heavy atom. The predicted octanol–water partition coefficient (Wildman–Crippen LogP) is 2.76. The van der Waals surface area contributed by atoms with Crippen molar-refractivity contribution >= 4 is 17.8 Å². The number of hydrogen-bond donors (Lipinski definition) is 0. The molecule has 1 aliphatic heterocycles. The molecule has 0 spiro atoms. The minimum Gasteiger partial charge on any atom is -0.329 e. The average Bonchev–Trinajstić information content (AvgIpc) is 3.35. The number of hydroxylamine groups is 2. The normalized spacial score (nSPS) is 17.6. The molecule has 5 nitrogen and oxygen atoms in total. The Hall–Kier alpha value is -2.95. The molecule has 4 rings (SSSR count). The summed E-state index contributed by atoms with van der Waals surface area (Å²) in [5.41, 5.74) is 0.942. The smallest absolute Gasteiger partial charge is 0.329 e. The Labute approximate surface area is 138 Å². The standard InChI is InChI=1S/C19H15NO4/c21-16-14-8-4-5-9-15(14)17(22)20(16)24-18(23)19(10-11-19)12-13-6-2-1-3-7-13/h1-9H,10-12H2. The monoisotopic (exact) mass is 321 g/mol. The molecular weight excluding hydrogens is 306 g/mol. The van der Waals surface area contributed by atoms with Crippen LogP contribution in [0, 0.1) is 5.41 Å². The van der Waals surface area contributed by atoms with E-state index in [9.17, 15) is 14.4 Å². The number of carbonyl (C=O) groups is 3. The fraction of sp³-hybridized carbons (Fsp3) is 0.211. The van der Waals surface area contributed by atoms with Crippen LogP contribution in [-0.2, 0) is 16.1 Å². The Balaban J connectivity index is 1.51. The van der Waals surface area contributed by atoms with Gasteiger partial charge in [0.2, 0.25) is 0 Å². The van der Waals surface area contributed by atoms with Gasteiger partial charge in [-0.2, -0.15) is 0 Å². The number of benzene rings is 2. The third-order valence-electron chi connectivity index (χ3n) is 4.60. The topological polar surface area (TPSA) is 63.7 Å². The van der Waals surface area contributed by atoms with Gasteiger partial charge in [-0.1, -0.05) is 47.5 Å². The number of rotatable bonds is 4. The molecule has 1 heterocycles. The summed E-state index contributed by atoms with van der Waals surface area (Å²) in [6.45, 7) is 0. The summed E-state index contributed by atoms with van der Waals surface area (Å²) in [6, 6.07) is 16.1. The SMILES string of the molecule is O=C1c2ccccc2C(=O)N1OC(=O)C1(Cc2ccccc2)CC1. The van der Waals surface area contributed by atoms with Crippen molar-refractivity contribution in [2.45, 2.75) is 19.3 Å². The molecule has 2 amide bonds. The van der Waals surface area contributed by atoms with Gasteiger partial charge in [0.25, 0.3) is 11.8 Å². The van der Waals surface area contributed by atoms with Gasteiger partial charge in [-0.25, -0.2) is 4.79 Å². The largest absolute Gasteiger partial charge is 0.339 e. The molecule has 120 valence electrons. The van der Waals surface area contributed by atoms with Crippen molar-refractivity contribution in [1.82, 2.24) is 5.06 Å². The van der Waals surface area contributed by atoms with Gasteiger partial charge in [-0.05, 0) is 37.0 Å². The Bertz CT molecular complexity index is 804. The van der Waals surface area contributed by atoms with E-state index >= 15 is 0 Å². The van der Waals surface area contributed by atoms with Crippen LogP contribution in [0.2, 0.25) is 0 Å². The van der Waals surface area contributed by atoms with Gasteiger partial charge in [0, 0.05) is 0 Å². The van der Waals surface area contributed by atoms with Gasteiger partial charge in [0.05, 0.1) is 16.5 Å². The molecule has 1 fully saturated rings. The molecule has 0 N–H and O–H groups in total. The van der Waals surface area contributed by atoms with Crippen molar-refractivity contribution in [1.29, 1.82) is 0 Å². The van der Waals surface area contributed by atoms with Gasteiger partial charge in [-0.3, -0.25) is 9.59 Å². The summed E-state index contributed by atoms with van der Waals surface area (Å²) in [5, 5.41) is 0.595. The minimum atomic E-state index is -0.628. The number of amides is 2. The molecule has 0 unspecified atom stereocenters. The second-order valence-corrected chi connectivity index (χ2v) is 6.27. The van der Waals surface area contributed by atoms with Crippen LogP contribution in [0.3, 0.4) is 0 Å². The van der Waals surface area contributed by atoms with Crippen molar-refractivity contribution in [3.05, 3.63) is 71.3 Å². The Kier molecular flexibility index (Phi) is 3.23. The molecule has 0 bridgehead atoms. The maximum atomic E-state index is 12.6. The lowest BCUT2D eigenvalue weighted by atomic mass is 9.97. The zero-order valence-electron chi connectivity index (χ0n) is 12.9. The highest BCUT2D eigenvalue weighted by atomic mass is 16.7. The molecule has 0 radical (unpaired) electrons. The number of imide groups is 1. The first kappa shape index (κ1) is 14.6. The molecule has 1 aliphatic carbocycles. The molecular formula is C19H15NO4. The highest BCUT2D eigenvalue weighted by Crippen LogP contribution is 2.49. The van der Waals surface area contributed by atoms with E-state index in [0.717, 1.165) is 5.56 Å². The molecule has 1 saturated carbocycles. The maximum Gasteiger partial charge on any atom is 0.339 e. The Morgan fingerprint density at radius 3 is 2.00 bits per heavy atom. The van der Waals surface area contributed by atoms with E-state index in [-0.39, 0.29) is 11.1 Å². The number of carbonyl (C=O) groups excluding carboxylic acids is 3. The number of fused-ring (bicyclic) bond motifs is 1. The van der Waals surface area contributed by atoms with Crippen molar-refractivity contribution in [3.8, 4) is 0 Å². The third-order valence-corrected chi connectivity index (χ3v) is 4.60. The molecule has 0 saturated heterocycles. The van der Waals surface area contributed by atoms with Crippen molar-refractivity contribution in [2.24, 2.45) is 5.41 Å². The number of nitrogens with zero attached hydrogens (tertiary/aromatic N) is 1. The highest BCUT2D eigenvalue weighted by Gasteiger charge is 2.53. The molecule has 5 heteroatoms. The van der Waals surface area contributed by atoms with Crippen molar-refractivity contribution < 1.29 is 19.2 Å². The van der Waals surface area contributed by atoms with Crippen LogP contribution in [-0.4, -0.2) is 22.8 Å². The highest BCUT2D eigenvalue weighted by molar-refractivity contribution is 6.20. The van der Waals surface area contributed by atoms with Crippen LogP contribution in [0.15, 0.2) is 54.6 Å². The molecule has 0 aromatic heterocycles. The number of hydrogen-bond acceptors (Lipinski definition) is 4. The van der Waals surface area contributed by atoms with Crippen LogP contribution in [0.25, 0.3) is 0 Å². The fourth-order valence-corrected chi connectivity index (χ4v) is 3.02. The first-order valence-corrected chi connectivity index (χ1v) is 7.85. The van der Waals surface area contributed by atoms with E-state index in [1.54, 1.807) is 24.3 Å². The third kappa shape index (κ3) is 2.29. The van der Waals surface area contributed by atoms with Gasteiger partial charge in [0.1, 0.15) is 0 Å². The second kappa shape index (κ2) is 5.30. The summed E-state index contributed by atoms with van der Waals surface area (Å²) in [6.07, 6.45) is 1.95. The van der Waals surface area contributed by atoms with Crippen LogP contribution in [0.5, 0.6) is 0 Å². The summed E-state index contributed by atoms with van der Waals surface area (Å²) >= 11 is 0. The molecule has 0 atom stereocenters. The maximum absolute atomic E-state index is 12.6. The van der Waals surface area contributed by atoms with E-state index < -0.39 is 23.2 Å². The Morgan fingerprint density at radius 1 is 0.917 bits per heavy atom. The summed E-state index contributed by atoms with van der Waals surface area (Å²) in [5.74, 6) is -1.68. The zero-order valence-corrected chi connectivity index (χ0v) is 12.9. The van der Waals surface area contributed by atoms with E-state index in [2.05, 4.69) is 0 Å². The van der Waals surface area contributed by atoms with Gasteiger partial charge >= 0.3 is 5.97 Å². The molecule has 2 aliphatic rings. The van der Waals surface area contributed by atoms with E-state index in [1.165, 1.54) is 0 Å². The van der Waals surface area contributed by atoms with Gasteiger partial charge < -0.3 is 4.84 Å². The van der Waals surface area contributed by atoms with Crippen molar-refractivity contribution in [3.63, 3.8) is 0 Å². The molecule has 2 aromatic rings.